The molecular weight excluding hydrogens is 266 g/mol. The molecule has 5 heteroatoms. The van der Waals surface area contributed by atoms with Crippen molar-refractivity contribution >= 4 is 6.09 Å². The molecule has 1 atom stereocenters. The number of ether oxygens (including phenoxy) is 1. The number of rotatable bonds is 3. The lowest BCUT2D eigenvalue weighted by Crippen LogP contribution is -2.38. The molecule has 1 aliphatic heterocycles. The second-order valence-corrected chi connectivity index (χ2v) is 6.65. The lowest BCUT2D eigenvalue weighted by molar-refractivity contribution is 0.0282. The van der Waals surface area contributed by atoms with Gasteiger partial charge >= 0.3 is 6.09 Å². The molecule has 5 nitrogen and oxygen atoms in total. The molecular formula is C16H25N3O2. The van der Waals surface area contributed by atoms with E-state index in [2.05, 4.69) is 23.0 Å². The van der Waals surface area contributed by atoms with Gasteiger partial charge in [-0.3, -0.25) is 9.88 Å². The van der Waals surface area contributed by atoms with Crippen LogP contribution in [0.2, 0.25) is 0 Å². The van der Waals surface area contributed by atoms with E-state index in [1.165, 1.54) is 5.56 Å². The van der Waals surface area contributed by atoms with Crippen LogP contribution >= 0.6 is 0 Å². The number of carbonyl (C=O) groups is 1. The third kappa shape index (κ3) is 4.70. The molecule has 1 aliphatic rings. The number of pyridine rings is 1. The average Bonchev–Trinajstić information content (AvgIpc) is 2.87. The van der Waals surface area contributed by atoms with Crippen LogP contribution in [-0.4, -0.2) is 52.7 Å². The van der Waals surface area contributed by atoms with E-state index in [0.29, 0.717) is 6.04 Å². The number of amides is 1. The molecule has 1 aromatic rings. The van der Waals surface area contributed by atoms with Crippen molar-refractivity contribution in [2.45, 2.75) is 45.4 Å². The third-order valence-electron chi connectivity index (χ3n) is 3.59. The first-order valence-corrected chi connectivity index (χ1v) is 7.42. The van der Waals surface area contributed by atoms with E-state index in [-0.39, 0.29) is 6.09 Å². The van der Waals surface area contributed by atoms with Crippen LogP contribution in [0.3, 0.4) is 0 Å². The fraction of sp³-hybridized carbons (Fsp3) is 0.625. The Labute approximate surface area is 126 Å². The zero-order valence-electron chi connectivity index (χ0n) is 13.4. The highest BCUT2D eigenvalue weighted by atomic mass is 16.6. The largest absolute Gasteiger partial charge is 0.444 e. The summed E-state index contributed by atoms with van der Waals surface area (Å²) in [5.41, 5.74) is 0.757. The van der Waals surface area contributed by atoms with E-state index in [9.17, 15) is 4.79 Å². The van der Waals surface area contributed by atoms with Crippen molar-refractivity contribution < 1.29 is 9.53 Å². The van der Waals surface area contributed by atoms with Crippen LogP contribution in [0.15, 0.2) is 24.5 Å². The maximum atomic E-state index is 12.1. The Balaban J connectivity index is 1.86. The summed E-state index contributed by atoms with van der Waals surface area (Å²) < 4.78 is 5.43. The van der Waals surface area contributed by atoms with Crippen molar-refractivity contribution in [2.24, 2.45) is 0 Å². The van der Waals surface area contributed by atoms with Crippen LogP contribution < -0.4 is 0 Å². The Hall–Kier alpha value is -1.62. The lowest BCUT2D eigenvalue weighted by Gasteiger charge is -2.26. The zero-order chi connectivity index (χ0) is 15.5. The first-order valence-electron chi connectivity index (χ1n) is 7.42. The molecule has 2 rings (SSSR count). The summed E-state index contributed by atoms with van der Waals surface area (Å²) in [4.78, 5) is 20.3. The SMILES string of the molecule is CN(Cc1cccnc1)[C@@H]1CCN(C(=O)OC(C)(C)C)C1. The van der Waals surface area contributed by atoms with E-state index < -0.39 is 5.60 Å². The summed E-state index contributed by atoms with van der Waals surface area (Å²) in [5, 5.41) is 0. The van der Waals surface area contributed by atoms with Gasteiger partial charge < -0.3 is 9.64 Å². The van der Waals surface area contributed by atoms with Crippen LogP contribution in [0.1, 0.15) is 32.8 Å². The van der Waals surface area contributed by atoms with Crippen LogP contribution in [-0.2, 0) is 11.3 Å². The summed E-state index contributed by atoms with van der Waals surface area (Å²) in [6.07, 6.45) is 4.44. The van der Waals surface area contributed by atoms with E-state index in [1.807, 2.05) is 33.0 Å². The van der Waals surface area contributed by atoms with Gasteiger partial charge in [0.1, 0.15) is 5.60 Å². The quantitative estimate of drug-likeness (QED) is 0.858. The van der Waals surface area contributed by atoms with E-state index in [0.717, 1.165) is 26.1 Å². The Morgan fingerprint density at radius 2 is 2.29 bits per heavy atom. The molecule has 1 amide bonds. The number of hydrogen-bond donors (Lipinski definition) is 0. The highest BCUT2D eigenvalue weighted by Crippen LogP contribution is 2.19. The molecule has 0 radical (unpaired) electrons. The molecule has 0 unspecified atom stereocenters. The first-order chi connectivity index (χ1) is 9.85. The van der Waals surface area contributed by atoms with Crippen LogP contribution in [0.4, 0.5) is 4.79 Å². The van der Waals surface area contributed by atoms with E-state index in [4.69, 9.17) is 4.74 Å². The van der Waals surface area contributed by atoms with E-state index in [1.54, 1.807) is 11.1 Å². The summed E-state index contributed by atoms with van der Waals surface area (Å²) in [6.45, 7) is 8.02. The number of likely N-dealkylation sites (tertiary alicyclic amines) is 1. The fourth-order valence-electron chi connectivity index (χ4n) is 2.50. The van der Waals surface area contributed by atoms with Crippen LogP contribution in [0.5, 0.6) is 0 Å². The molecule has 1 aromatic heterocycles. The number of hydrogen-bond acceptors (Lipinski definition) is 4. The topological polar surface area (TPSA) is 45.7 Å². The minimum Gasteiger partial charge on any atom is -0.444 e. The van der Waals surface area contributed by atoms with Gasteiger partial charge in [-0.05, 0) is 45.9 Å². The Bertz CT molecular complexity index is 470. The van der Waals surface area contributed by atoms with Crippen molar-refractivity contribution in [1.29, 1.82) is 0 Å². The molecule has 0 aromatic carbocycles. The predicted octanol–water partition coefficient (Wildman–Crippen LogP) is 2.52. The minimum absolute atomic E-state index is 0.209. The lowest BCUT2D eigenvalue weighted by atomic mass is 10.2. The molecule has 0 spiro atoms. The molecule has 21 heavy (non-hydrogen) atoms. The van der Waals surface area contributed by atoms with Crippen LogP contribution in [0, 0.1) is 0 Å². The predicted molar refractivity (Wildman–Crippen MR) is 81.9 cm³/mol. The number of nitrogens with zero attached hydrogens (tertiary/aromatic N) is 3. The van der Waals surface area contributed by atoms with Gasteiger partial charge in [-0.1, -0.05) is 6.07 Å². The van der Waals surface area contributed by atoms with Crippen LogP contribution in [0.25, 0.3) is 0 Å². The average molecular weight is 291 g/mol. The summed E-state index contributed by atoms with van der Waals surface area (Å²) in [5.74, 6) is 0. The van der Waals surface area contributed by atoms with Crippen molar-refractivity contribution in [1.82, 2.24) is 14.8 Å². The van der Waals surface area contributed by atoms with Gasteiger partial charge in [0, 0.05) is 38.1 Å². The molecule has 0 N–H and O–H groups in total. The molecule has 1 fully saturated rings. The second-order valence-electron chi connectivity index (χ2n) is 6.65. The molecule has 116 valence electrons. The summed E-state index contributed by atoms with van der Waals surface area (Å²) in [7, 11) is 2.09. The highest BCUT2D eigenvalue weighted by Gasteiger charge is 2.31. The van der Waals surface area contributed by atoms with Crippen molar-refractivity contribution in [2.75, 3.05) is 20.1 Å². The summed E-state index contributed by atoms with van der Waals surface area (Å²) in [6, 6.07) is 4.40. The smallest absolute Gasteiger partial charge is 0.410 e. The van der Waals surface area contributed by atoms with Gasteiger partial charge in [-0.2, -0.15) is 0 Å². The Morgan fingerprint density at radius 1 is 1.52 bits per heavy atom. The molecule has 0 bridgehead atoms. The Morgan fingerprint density at radius 3 is 2.90 bits per heavy atom. The second kappa shape index (κ2) is 6.43. The van der Waals surface area contributed by atoms with Gasteiger partial charge in [0.25, 0.3) is 0 Å². The van der Waals surface area contributed by atoms with Crippen molar-refractivity contribution in [3.63, 3.8) is 0 Å². The normalized spacial score (nSPS) is 19.1. The van der Waals surface area contributed by atoms with E-state index >= 15 is 0 Å². The number of aromatic nitrogens is 1. The molecule has 1 saturated heterocycles. The molecule has 0 aliphatic carbocycles. The monoisotopic (exact) mass is 291 g/mol. The van der Waals surface area contributed by atoms with Gasteiger partial charge in [-0.25, -0.2) is 4.79 Å². The standard InChI is InChI=1S/C16H25N3O2/c1-16(2,3)21-15(20)19-9-7-14(12-19)18(4)11-13-6-5-8-17-10-13/h5-6,8,10,14H,7,9,11-12H2,1-4H3/t14-/m1/s1. The maximum Gasteiger partial charge on any atom is 0.410 e. The van der Waals surface area contributed by atoms with Gasteiger partial charge in [0.15, 0.2) is 0 Å². The number of carbonyl (C=O) groups excluding carboxylic acids is 1. The fourth-order valence-corrected chi connectivity index (χ4v) is 2.50. The maximum absolute atomic E-state index is 12.1. The van der Waals surface area contributed by atoms with Crippen molar-refractivity contribution in [3.8, 4) is 0 Å². The molecule has 2 heterocycles. The van der Waals surface area contributed by atoms with Gasteiger partial charge in [0.2, 0.25) is 0 Å². The molecule has 0 saturated carbocycles. The third-order valence-corrected chi connectivity index (χ3v) is 3.59. The summed E-state index contributed by atoms with van der Waals surface area (Å²) >= 11 is 0. The zero-order valence-corrected chi connectivity index (χ0v) is 13.4. The van der Waals surface area contributed by atoms with Crippen molar-refractivity contribution in [3.05, 3.63) is 30.1 Å². The number of likely N-dealkylation sites (N-methyl/N-ethyl adjacent to an activating group) is 1. The highest BCUT2D eigenvalue weighted by molar-refractivity contribution is 5.68. The Kier molecular flexibility index (Phi) is 4.83. The minimum atomic E-state index is -0.434. The van der Waals surface area contributed by atoms with Gasteiger partial charge in [-0.15, -0.1) is 0 Å². The first kappa shape index (κ1) is 15.8. The van der Waals surface area contributed by atoms with Gasteiger partial charge in [0.05, 0.1) is 0 Å².